The Labute approximate surface area is 153 Å². The summed E-state index contributed by atoms with van der Waals surface area (Å²) in [4.78, 5) is 16.4. The lowest BCUT2D eigenvalue weighted by Gasteiger charge is -2.35. The van der Waals surface area contributed by atoms with Gasteiger partial charge in [0.1, 0.15) is 0 Å². The normalized spacial score (nSPS) is 18.8. The molecule has 26 heavy (non-hydrogen) atoms. The molecule has 0 radical (unpaired) electrons. The maximum atomic E-state index is 12.4. The van der Waals surface area contributed by atoms with Crippen LogP contribution in [0.15, 0.2) is 34.7 Å². The van der Waals surface area contributed by atoms with E-state index in [0.717, 1.165) is 18.4 Å². The highest BCUT2D eigenvalue weighted by Gasteiger charge is 2.26. The number of nitrogens with zero attached hydrogens (tertiary/aromatic N) is 4. The van der Waals surface area contributed by atoms with Crippen LogP contribution in [0, 0.1) is 0 Å². The third kappa shape index (κ3) is 3.81. The Hall–Kier alpha value is -2.57. The quantitative estimate of drug-likeness (QED) is 0.916. The molecule has 1 saturated carbocycles. The lowest BCUT2D eigenvalue weighted by molar-refractivity contribution is 0.186. The van der Waals surface area contributed by atoms with Crippen LogP contribution in [0.1, 0.15) is 32.1 Å². The van der Waals surface area contributed by atoms with E-state index >= 15 is 0 Å². The Kier molecular flexibility index (Phi) is 5.04. The Balaban J connectivity index is 1.31. The molecule has 0 spiro atoms. The third-order valence-corrected chi connectivity index (χ3v) is 5.21. The maximum absolute atomic E-state index is 12.4. The second-order valence-corrected chi connectivity index (χ2v) is 7.01. The number of rotatable bonds is 3. The summed E-state index contributed by atoms with van der Waals surface area (Å²) in [7, 11) is 0. The van der Waals surface area contributed by atoms with Crippen LogP contribution in [0.25, 0.3) is 11.5 Å². The number of aromatic nitrogens is 2. The first kappa shape index (κ1) is 16.9. The van der Waals surface area contributed by atoms with Crippen LogP contribution >= 0.6 is 0 Å². The first-order valence-corrected chi connectivity index (χ1v) is 9.49. The van der Waals surface area contributed by atoms with Gasteiger partial charge in [0.05, 0.1) is 0 Å². The molecule has 1 aromatic carbocycles. The van der Waals surface area contributed by atoms with E-state index in [9.17, 15) is 4.79 Å². The van der Waals surface area contributed by atoms with Gasteiger partial charge in [-0.1, -0.05) is 42.6 Å². The second-order valence-electron chi connectivity index (χ2n) is 7.01. The standard InChI is InChI=1S/C19H25N5O2/c25-18(20-16-9-5-2-6-10-16)23-11-13-24(14-12-23)19-22-21-17(26-19)15-7-3-1-4-8-15/h1,3-4,7-8,16H,2,5-6,9-14H2,(H,20,25). The van der Waals surface area contributed by atoms with Gasteiger partial charge in [0.2, 0.25) is 5.89 Å². The van der Waals surface area contributed by atoms with Crippen molar-refractivity contribution < 1.29 is 9.21 Å². The highest BCUT2D eigenvalue weighted by atomic mass is 16.4. The molecule has 0 unspecified atom stereocenters. The number of hydrogen-bond acceptors (Lipinski definition) is 5. The maximum Gasteiger partial charge on any atom is 0.318 e. The van der Waals surface area contributed by atoms with Gasteiger partial charge in [-0.25, -0.2) is 4.79 Å². The van der Waals surface area contributed by atoms with E-state index in [-0.39, 0.29) is 6.03 Å². The van der Waals surface area contributed by atoms with Crippen LogP contribution in [-0.4, -0.2) is 53.3 Å². The minimum Gasteiger partial charge on any atom is -0.403 e. The molecule has 4 rings (SSSR count). The number of anilines is 1. The topological polar surface area (TPSA) is 74.5 Å². The number of nitrogens with one attached hydrogen (secondary N) is 1. The van der Waals surface area contributed by atoms with Crippen molar-refractivity contribution in [2.24, 2.45) is 0 Å². The van der Waals surface area contributed by atoms with Gasteiger partial charge in [0.15, 0.2) is 0 Å². The van der Waals surface area contributed by atoms with Gasteiger partial charge >= 0.3 is 12.0 Å². The molecule has 7 heteroatoms. The number of benzene rings is 1. The zero-order valence-electron chi connectivity index (χ0n) is 14.9. The summed E-state index contributed by atoms with van der Waals surface area (Å²) < 4.78 is 5.81. The number of hydrogen-bond donors (Lipinski definition) is 1. The average Bonchev–Trinajstić information content (AvgIpc) is 3.20. The number of amides is 2. The van der Waals surface area contributed by atoms with Gasteiger partial charge in [-0.15, -0.1) is 5.10 Å². The van der Waals surface area contributed by atoms with Gasteiger partial charge in [-0.05, 0) is 25.0 Å². The van der Waals surface area contributed by atoms with Crippen molar-refractivity contribution in [2.75, 3.05) is 31.1 Å². The summed E-state index contributed by atoms with van der Waals surface area (Å²) >= 11 is 0. The first-order chi connectivity index (χ1) is 12.8. The molecule has 0 atom stereocenters. The third-order valence-electron chi connectivity index (χ3n) is 5.21. The van der Waals surface area contributed by atoms with Gasteiger partial charge in [-0.2, -0.15) is 0 Å². The fraction of sp³-hybridized carbons (Fsp3) is 0.526. The Morgan fingerprint density at radius 3 is 2.46 bits per heavy atom. The molecule has 2 aromatic rings. The van der Waals surface area contributed by atoms with Crippen molar-refractivity contribution >= 4 is 12.0 Å². The summed E-state index contributed by atoms with van der Waals surface area (Å²) in [5, 5.41) is 11.5. The van der Waals surface area contributed by atoms with Crippen molar-refractivity contribution in [3.05, 3.63) is 30.3 Å². The van der Waals surface area contributed by atoms with E-state index in [1.165, 1.54) is 19.3 Å². The minimum absolute atomic E-state index is 0.0621. The van der Waals surface area contributed by atoms with E-state index in [1.54, 1.807) is 0 Å². The molecule has 2 aliphatic rings. The molecule has 1 aliphatic carbocycles. The van der Waals surface area contributed by atoms with Crippen molar-refractivity contribution in [3.63, 3.8) is 0 Å². The molecule has 1 N–H and O–H groups in total. The largest absolute Gasteiger partial charge is 0.403 e. The molecule has 2 heterocycles. The predicted molar refractivity (Wildman–Crippen MR) is 98.9 cm³/mol. The van der Waals surface area contributed by atoms with Crippen LogP contribution in [0.2, 0.25) is 0 Å². The number of urea groups is 1. The Morgan fingerprint density at radius 2 is 1.73 bits per heavy atom. The predicted octanol–water partition coefficient (Wildman–Crippen LogP) is 2.90. The van der Waals surface area contributed by atoms with Gasteiger partial charge in [0, 0.05) is 37.8 Å². The molecule has 0 bridgehead atoms. The lowest BCUT2D eigenvalue weighted by Crippen LogP contribution is -2.53. The molecule has 2 amide bonds. The Bertz CT molecular complexity index is 719. The molecule has 138 valence electrons. The number of piperazine rings is 1. The number of carbonyl (C=O) groups excluding carboxylic acids is 1. The smallest absolute Gasteiger partial charge is 0.318 e. The first-order valence-electron chi connectivity index (χ1n) is 9.49. The molecule has 1 saturated heterocycles. The van der Waals surface area contributed by atoms with Crippen LogP contribution in [0.3, 0.4) is 0 Å². The molecular weight excluding hydrogens is 330 g/mol. The van der Waals surface area contributed by atoms with Gasteiger partial charge in [-0.3, -0.25) is 0 Å². The lowest BCUT2D eigenvalue weighted by atomic mass is 9.96. The average molecular weight is 355 g/mol. The van der Waals surface area contributed by atoms with Crippen LogP contribution in [0.5, 0.6) is 0 Å². The van der Waals surface area contributed by atoms with Gasteiger partial charge < -0.3 is 19.5 Å². The second kappa shape index (κ2) is 7.76. The van der Waals surface area contributed by atoms with Crippen LogP contribution < -0.4 is 10.2 Å². The van der Waals surface area contributed by atoms with E-state index in [0.29, 0.717) is 44.1 Å². The highest BCUT2D eigenvalue weighted by molar-refractivity contribution is 5.74. The van der Waals surface area contributed by atoms with E-state index in [1.807, 2.05) is 40.1 Å². The van der Waals surface area contributed by atoms with E-state index in [4.69, 9.17) is 4.42 Å². The zero-order chi connectivity index (χ0) is 17.8. The molecule has 1 aromatic heterocycles. The van der Waals surface area contributed by atoms with E-state index in [2.05, 4.69) is 15.5 Å². The molecule has 2 fully saturated rings. The monoisotopic (exact) mass is 355 g/mol. The minimum atomic E-state index is 0.0621. The SMILES string of the molecule is O=C(NC1CCCCC1)N1CCN(c2nnc(-c3ccccc3)o2)CC1. The van der Waals surface area contributed by atoms with E-state index < -0.39 is 0 Å². The fourth-order valence-electron chi connectivity index (χ4n) is 3.65. The van der Waals surface area contributed by atoms with Gasteiger partial charge in [0.25, 0.3) is 0 Å². The fourth-order valence-corrected chi connectivity index (χ4v) is 3.65. The molecule has 1 aliphatic heterocycles. The summed E-state index contributed by atoms with van der Waals surface area (Å²) in [5.41, 5.74) is 0.914. The number of carbonyl (C=O) groups is 1. The summed E-state index contributed by atoms with van der Waals surface area (Å²) in [6, 6.07) is 10.7. The zero-order valence-corrected chi connectivity index (χ0v) is 14.9. The van der Waals surface area contributed by atoms with Crippen LogP contribution in [0.4, 0.5) is 10.8 Å². The molecule has 7 nitrogen and oxygen atoms in total. The van der Waals surface area contributed by atoms with Crippen molar-refractivity contribution in [2.45, 2.75) is 38.1 Å². The summed E-state index contributed by atoms with van der Waals surface area (Å²) in [6.07, 6.45) is 5.95. The molecular formula is C19H25N5O2. The highest BCUT2D eigenvalue weighted by Crippen LogP contribution is 2.22. The van der Waals surface area contributed by atoms with Crippen LogP contribution in [-0.2, 0) is 0 Å². The van der Waals surface area contributed by atoms with Crippen molar-refractivity contribution in [1.29, 1.82) is 0 Å². The Morgan fingerprint density at radius 1 is 1.00 bits per heavy atom. The van der Waals surface area contributed by atoms with Crippen molar-refractivity contribution in [1.82, 2.24) is 20.4 Å². The van der Waals surface area contributed by atoms with Crippen molar-refractivity contribution in [3.8, 4) is 11.5 Å². The summed E-state index contributed by atoms with van der Waals surface area (Å²) in [5.74, 6) is 0.526. The summed E-state index contributed by atoms with van der Waals surface area (Å²) in [6.45, 7) is 2.74.